The highest BCUT2D eigenvalue weighted by molar-refractivity contribution is 5.69. The molecule has 0 aliphatic rings. The Balaban J connectivity index is 2.51. The van der Waals surface area contributed by atoms with E-state index in [1.165, 1.54) is 30.3 Å². The first-order valence-electron chi connectivity index (χ1n) is 6.59. The van der Waals surface area contributed by atoms with Crippen molar-refractivity contribution in [3.8, 4) is 11.1 Å². The van der Waals surface area contributed by atoms with Crippen LogP contribution in [0.5, 0.6) is 0 Å². The normalized spacial score (nSPS) is 11.7. The summed E-state index contributed by atoms with van der Waals surface area (Å²) in [6.45, 7) is 3.13. The van der Waals surface area contributed by atoms with Gasteiger partial charge in [0.15, 0.2) is 0 Å². The molecule has 1 N–H and O–H groups in total. The van der Waals surface area contributed by atoms with Gasteiger partial charge in [0.1, 0.15) is 5.82 Å². The molecule has 1 nitrogen and oxygen atoms in total. The van der Waals surface area contributed by atoms with Crippen molar-refractivity contribution >= 4 is 0 Å². The van der Waals surface area contributed by atoms with E-state index in [-0.39, 0.29) is 11.1 Å². The maximum Gasteiger partial charge on any atom is 0.417 e. The van der Waals surface area contributed by atoms with Crippen molar-refractivity contribution in [2.24, 2.45) is 0 Å². The Morgan fingerprint density at radius 3 is 2.38 bits per heavy atom. The number of rotatable bonds is 4. The minimum Gasteiger partial charge on any atom is -0.313 e. The number of benzene rings is 2. The Morgan fingerprint density at radius 2 is 1.71 bits per heavy atom. The van der Waals surface area contributed by atoms with Crippen molar-refractivity contribution in [1.82, 2.24) is 5.32 Å². The highest BCUT2D eigenvalue weighted by Crippen LogP contribution is 2.37. The maximum absolute atomic E-state index is 14.0. The predicted molar refractivity (Wildman–Crippen MR) is 74.2 cm³/mol. The molecule has 0 bridgehead atoms. The van der Waals surface area contributed by atoms with Gasteiger partial charge in [-0.25, -0.2) is 4.39 Å². The van der Waals surface area contributed by atoms with Gasteiger partial charge in [-0.05, 0) is 35.9 Å². The minimum atomic E-state index is -4.51. The van der Waals surface area contributed by atoms with Crippen LogP contribution in [0.4, 0.5) is 17.6 Å². The minimum absolute atomic E-state index is 0.0293. The van der Waals surface area contributed by atoms with E-state index in [0.717, 1.165) is 18.2 Å². The Bertz CT molecular complexity index is 620. The molecule has 5 heteroatoms. The van der Waals surface area contributed by atoms with E-state index < -0.39 is 17.6 Å². The Kier molecular flexibility index (Phi) is 4.63. The Labute approximate surface area is 120 Å². The Morgan fingerprint density at radius 1 is 1.00 bits per heavy atom. The molecule has 0 fully saturated rings. The zero-order valence-corrected chi connectivity index (χ0v) is 11.5. The number of nitrogens with one attached hydrogen (secondary N) is 1. The molecular formula is C16H15F4N. The van der Waals surface area contributed by atoms with Gasteiger partial charge in [-0.15, -0.1) is 0 Å². The molecule has 0 saturated carbocycles. The lowest BCUT2D eigenvalue weighted by Crippen LogP contribution is -2.12. The van der Waals surface area contributed by atoms with Crippen molar-refractivity contribution in [2.75, 3.05) is 6.54 Å². The van der Waals surface area contributed by atoms with Crippen molar-refractivity contribution in [3.05, 3.63) is 59.4 Å². The fourth-order valence-corrected chi connectivity index (χ4v) is 2.12. The van der Waals surface area contributed by atoms with E-state index >= 15 is 0 Å². The second kappa shape index (κ2) is 6.26. The third kappa shape index (κ3) is 3.61. The molecule has 0 aliphatic heterocycles. The zero-order chi connectivity index (χ0) is 15.5. The molecule has 0 unspecified atom stereocenters. The van der Waals surface area contributed by atoms with Gasteiger partial charge < -0.3 is 5.32 Å². The second-order valence-corrected chi connectivity index (χ2v) is 4.64. The smallest absolute Gasteiger partial charge is 0.313 e. The molecule has 0 aliphatic carbocycles. The van der Waals surface area contributed by atoms with Gasteiger partial charge in [0, 0.05) is 12.1 Å². The van der Waals surface area contributed by atoms with Crippen LogP contribution in [-0.2, 0) is 12.7 Å². The summed E-state index contributed by atoms with van der Waals surface area (Å²) in [5.74, 6) is -0.660. The first-order chi connectivity index (χ1) is 9.93. The average molecular weight is 297 g/mol. The largest absolute Gasteiger partial charge is 0.417 e. The average Bonchev–Trinajstić information content (AvgIpc) is 2.45. The molecule has 0 amide bonds. The van der Waals surface area contributed by atoms with E-state index in [2.05, 4.69) is 5.32 Å². The summed E-state index contributed by atoms with van der Waals surface area (Å²) < 4.78 is 53.1. The summed E-state index contributed by atoms with van der Waals surface area (Å²) in [5, 5.41) is 3.06. The number of halogens is 4. The second-order valence-electron chi connectivity index (χ2n) is 4.64. The fraction of sp³-hybridized carbons (Fsp3) is 0.250. The predicted octanol–water partition coefficient (Wildman–Crippen LogP) is 4.62. The van der Waals surface area contributed by atoms with Crippen molar-refractivity contribution in [3.63, 3.8) is 0 Å². The van der Waals surface area contributed by atoms with Crippen LogP contribution in [0.25, 0.3) is 11.1 Å². The summed E-state index contributed by atoms with van der Waals surface area (Å²) in [6, 6.07) is 9.26. The third-order valence-electron chi connectivity index (χ3n) is 3.13. The summed E-state index contributed by atoms with van der Waals surface area (Å²) in [4.78, 5) is 0. The molecule has 0 aromatic heterocycles. The van der Waals surface area contributed by atoms with E-state index in [1.54, 1.807) is 6.07 Å². The van der Waals surface area contributed by atoms with Crippen LogP contribution in [0, 0.1) is 5.82 Å². The van der Waals surface area contributed by atoms with Crippen molar-refractivity contribution in [2.45, 2.75) is 19.6 Å². The van der Waals surface area contributed by atoms with Crippen LogP contribution in [0.1, 0.15) is 18.1 Å². The van der Waals surface area contributed by atoms with Crippen LogP contribution in [0.3, 0.4) is 0 Å². The highest BCUT2D eigenvalue weighted by Gasteiger charge is 2.33. The van der Waals surface area contributed by atoms with E-state index in [4.69, 9.17) is 0 Å². The monoisotopic (exact) mass is 297 g/mol. The number of hydrogen-bond donors (Lipinski definition) is 1. The molecule has 0 spiro atoms. The van der Waals surface area contributed by atoms with Crippen LogP contribution >= 0.6 is 0 Å². The first kappa shape index (κ1) is 15.5. The molecule has 0 atom stereocenters. The van der Waals surface area contributed by atoms with Gasteiger partial charge in [-0.3, -0.25) is 0 Å². The summed E-state index contributed by atoms with van der Waals surface area (Å²) in [6.07, 6.45) is -4.51. The highest BCUT2D eigenvalue weighted by atomic mass is 19.4. The molecular weight excluding hydrogens is 282 g/mol. The lowest BCUT2D eigenvalue weighted by molar-refractivity contribution is -0.137. The van der Waals surface area contributed by atoms with Crippen molar-refractivity contribution < 1.29 is 17.6 Å². The van der Waals surface area contributed by atoms with Crippen LogP contribution in [0.15, 0.2) is 42.5 Å². The first-order valence-corrected chi connectivity index (χ1v) is 6.59. The SMILES string of the molecule is CCNCc1ccc(F)c(-c2ccccc2C(F)(F)F)c1. The lowest BCUT2D eigenvalue weighted by Gasteiger charge is -2.14. The summed E-state index contributed by atoms with van der Waals surface area (Å²) in [5.41, 5.74) is -0.256. The van der Waals surface area contributed by atoms with Gasteiger partial charge in [-0.2, -0.15) is 13.2 Å². The lowest BCUT2D eigenvalue weighted by atomic mass is 9.97. The van der Waals surface area contributed by atoms with Gasteiger partial charge in [0.25, 0.3) is 0 Å². The topological polar surface area (TPSA) is 12.0 Å². The van der Waals surface area contributed by atoms with Crippen molar-refractivity contribution in [1.29, 1.82) is 0 Å². The Hall–Kier alpha value is -1.88. The van der Waals surface area contributed by atoms with E-state index in [1.807, 2.05) is 6.92 Å². The summed E-state index contributed by atoms with van der Waals surface area (Å²) >= 11 is 0. The molecule has 112 valence electrons. The maximum atomic E-state index is 14.0. The third-order valence-corrected chi connectivity index (χ3v) is 3.13. The zero-order valence-electron chi connectivity index (χ0n) is 11.5. The molecule has 2 aromatic carbocycles. The van der Waals surface area contributed by atoms with E-state index in [9.17, 15) is 17.6 Å². The van der Waals surface area contributed by atoms with E-state index in [0.29, 0.717) is 6.54 Å². The van der Waals surface area contributed by atoms with Gasteiger partial charge >= 0.3 is 6.18 Å². The van der Waals surface area contributed by atoms with Gasteiger partial charge in [0.2, 0.25) is 0 Å². The quantitative estimate of drug-likeness (QED) is 0.812. The standard InChI is InChI=1S/C16H15F4N/c1-2-21-10-11-7-8-15(17)13(9-11)12-5-3-4-6-14(12)16(18,19)20/h3-9,21H,2,10H2,1H3. The van der Waals surface area contributed by atoms with Crippen LogP contribution < -0.4 is 5.32 Å². The van der Waals surface area contributed by atoms with Crippen LogP contribution in [-0.4, -0.2) is 6.54 Å². The molecule has 21 heavy (non-hydrogen) atoms. The van der Waals surface area contributed by atoms with Crippen LogP contribution in [0.2, 0.25) is 0 Å². The van der Waals surface area contributed by atoms with Gasteiger partial charge in [0.05, 0.1) is 5.56 Å². The fourth-order valence-electron chi connectivity index (χ4n) is 2.12. The summed E-state index contributed by atoms with van der Waals surface area (Å²) in [7, 11) is 0. The molecule has 0 radical (unpaired) electrons. The van der Waals surface area contributed by atoms with Gasteiger partial charge in [-0.1, -0.05) is 31.2 Å². The molecule has 2 rings (SSSR count). The molecule has 2 aromatic rings. The number of hydrogen-bond acceptors (Lipinski definition) is 1. The molecule has 0 heterocycles. The number of alkyl halides is 3. The molecule has 0 saturated heterocycles.